The maximum atomic E-state index is 13.6. The first-order valence-electron chi connectivity index (χ1n) is 5.42. The van der Waals surface area contributed by atoms with Gasteiger partial charge in [0, 0.05) is 12.2 Å². The van der Waals surface area contributed by atoms with Crippen LogP contribution in [-0.4, -0.2) is 22.4 Å². The second-order valence-electron chi connectivity index (χ2n) is 3.89. The molecule has 104 valence electrons. The smallest absolute Gasteiger partial charge is 0.238 e. The number of hydrogen-bond acceptors (Lipinski definition) is 3. The van der Waals surface area contributed by atoms with Crippen LogP contribution in [0.3, 0.4) is 0 Å². The number of amides is 1. The van der Waals surface area contributed by atoms with Crippen molar-refractivity contribution in [2.24, 2.45) is 5.92 Å². The molecule has 0 aromatic carbocycles. The first-order chi connectivity index (χ1) is 9.51. The molecule has 0 bridgehead atoms. The summed E-state index contributed by atoms with van der Waals surface area (Å²) in [5.74, 6) is -5.95. The summed E-state index contributed by atoms with van der Waals surface area (Å²) in [6.45, 7) is 0. The van der Waals surface area contributed by atoms with Crippen molar-refractivity contribution in [3.05, 3.63) is 47.6 Å². The van der Waals surface area contributed by atoms with Crippen LogP contribution in [0.15, 0.2) is 41.9 Å². The van der Waals surface area contributed by atoms with Gasteiger partial charge in [-0.25, -0.2) is 13.2 Å². The Hall–Kier alpha value is -2.64. The third-order valence-corrected chi connectivity index (χ3v) is 2.50. The average molecular weight is 283 g/mol. The number of aldehydes is 1. The molecule has 0 saturated carbocycles. The van der Waals surface area contributed by atoms with Crippen LogP contribution in [0.25, 0.3) is 0 Å². The summed E-state index contributed by atoms with van der Waals surface area (Å²) >= 11 is 0. The topological polar surface area (TPSA) is 74.8 Å². The normalized spacial score (nSPS) is 18.6. The van der Waals surface area contributed by atoms with Gasteiger partial charge in [0.25, 0.3) is 0 Å². The number of nitrogens with zero attached hydrogens (tertiary/aromatic N) is 1. The molecule has 0 radical (unpaired) electrons. The van der Waals surface area contributed by atoms with Crippen LogP contribution < -0.4 is 5.32 Å². The lowest BCUT2D eigenvalue weighted by atomic mass is 10.1. The summed E-state index contributed by atoms with van der Waals surface area (Å²) in [7, 11) is 0. The molecule has 8 heteroatoms. The molecule has 1 unspecified atom stereocenters. The SMILES string of the molecule is O=Cc1[nH]ncc1NC(=O)C1C=C(F)C=C(F)C=C1F. The van der Waals surface area contributed by atoms with Crippen molar-refractivity contribution >= 4 is 17.9 Å². The molecule has 0 fully saturated rings. The monoisotopic (exact) mass is 283 g/mol. The molecule has 0 aliphatic heterocycles. The standard InChI is InChI=1S/C12H8F3N3O2/c13-6-1-7(14)3-9(15)8(2-6)12(20)17-10-4-16-18-11(10)5-19/h1-5,8H,(H,16,18)(H,17,20). The number of halogens is 3. The number of nitrogens with one attached hydrogen (secondary N) is 2. The molecule has 5 nitrogen and oxygen atoms in total. The Bertz CT molecular complexity index is 646. The molecule has 1 heterocycles. The molecule has 1 aliphatic rings. The summed E-state index contributed by atoms with van der Waals surface area (Å²) in [5, 5.41) is 8.02. The third kappa shape index (κ3) is 2.85. The van der Waals surface area contributed by atoms with E-state index >= 15 is 0 Å². The number of allylic oxidation sites excluding steroid dienone is 4. The number of anilines is 1. The fraction of sp³-hybridized carbons (Fsp3) is 0.0833. The van der Waals surface area contributed by atoms with Crippen molar-refractivity contribution < 1.29 is 22.8 Å². The van der Waals surface area contributed by atoms with Gasteiger partial charge < -0.3 is 5.32 Å². The quantitative estimate of drug-likeness (QED) is 0.836. The van der Waals surface area contributed by atoms with E-state index in [4.69, 9.17) is 0 Å². The molecule has 0 saturated heterocycles. The van der Waals surface area contributed by atoms with Gasteiger partial charge in [-0.05, 0) is 6.08 Å². The molecule has 1 aliphatic carbocycles. The van der Waals surface area contributed by atoms with Crippen LogP contribution in [0, 0.1) is 5.92 Å². The Balaban J connectivity index is 2.23. The molecular formula is C12H8F3N3O2. The number of rotatable bonds is 3. The third-order valence-electron chi connectivity index (χ3n) is 2.50. The molecule has 1 aromatic heterocycles. The lowest BCUT2D eigenvalue weighted by molar-refractivity contribution is -0.118. The second kappa shape index (κ2) is 5.55. The van der Waals surface area contributed by atoms with Crippen LogP contribution in [0.2, 0.25) is 0 Å². The Morgan fingerprint density at radius 3 is 2.75 bits per heavy atom. The van der Waals surface area contributed by atoms with Crippen LogP contribution in [0.5, 0.6) is 0 Å². The molecule has 0 spiro atoms. The minimum atomic E-state index is -1.63. The first-order valence-corrected chi connectivity index (χ1v) is 5.42. The van der Waals surface area contributed by atoms with Gasteiger partial charge in [-0.1, -0.05) is 0 Å². The van der Waals surface area contributed by atoms with E-state index in [1.807, 2.05) is 0 Å². The summed E-state index contributed by atoms with van der Waals surface area (Å²) < 4.78 is 39.7. The van der Waals surface area contributed by atoms with Gasteiger partial charge in [-0.15, -0.1) is 0 Å². The summed E-state index contributed by atoms with van der Waals surface area (Å²) in [4.78, 5) is 22.5. The highest BCUT2D eigenvalue weighted by Crippen LogP contribution is 2.26. The number of carbonyl (C=O) groups excluding carboxylic acids is 2. The Morgan fingerprint density at radius 2 is 2.05 bits per heavy atom. The van der Waals surface area contributed by atoms with Gasteiger partial charge in [0.15, 0.2) is 6.29 Å². The molecule has 2 N–H and O–H groups in total. The minimum Gasteiger partial charge on any atom is -0.322 e. The van der Waals surface area contributed by atoms with Crippen molar-refractivity contribution in [3.63, 3.8) is 0 Å². The summed E-state index contributed by atoms with van der Waals surface area (Å²) in [5.41, 5.74) is -0.00518. The zero-order chi connectivity index (χ0) is 14.7. The molecule has 1 amide bonds. The highest BCUT2D eigenvalue weighted by Gasteiger charge is 2.25. The van der Waals surface area contributed by atoms with E-state index < -0.39 is 29.3 Å². The van der Waals surface area contributed by atoms with Gasteiger partial charge in [-0.3, -0.25) is 14.7 Å². The van der Waals surface area contributed by atoms with Crippen molar-refractivity contribution in [1.82, 2.24) is 10.2 Å². The molecular weight excluding hydrogens is 275 g/mol. The fourth-order valence-corrected chi connectivity index (χ4v) is 1.58. The predicted octanol–water partition coefficient (Wildman–Crippen LogP) is 2.35. The zero-order valence-electron chi connectivity index (χ0n) is 9.86. The van der Waals surface area contributed by atoms with Crippen molar-refractivity contribution in [1.29, 1.82) is 0 Å². The largest absolute Gasteiger partial charge is 0.322 e. The Morgan fingerprint density at radius 1 is 1.30 bits per heavy atom. The van der Waals surface area contributed by atoms with Crippen molar-refractivity contribution in [3.8, 4) is 0 Å². The van der Waals surface area contributed by atoms with Crippen LogP contribution >= 0.6 is 0 Å². The van der Waals surface area contributed by atoms with Crippen molar-refractivity contribution in [2.45, 2.75) is 0 Å². The minimum absolute atomic E-state index is 0.0179. The highest BCUT2D eigenvalue weighted by molar-refractivity contribution is 5.98. The van der Waals surface area contributed by atoms with E-state index in [9.17, 15) is 22.8 Å². The first kappa shape index (κ1) is 13.8. The van der Waals surface area contributed by atoms with E-state index in [0.29, 0.717) is 24.5 Å². The van der Waals surface area contributed by atoms with Gasteiger partial charge in [-0.2, -0.15) is 5.10 Å². The van der Waals surface area contributed by atoms with Gasteiger partial charge in [0.2, 0.25) is 5.91 Å². The Kier molecular flexibility index (Phi) is 3.83. The molecule has 1 aromatic rings. The molecule has 2 rings (SSSR count). The second-order valence-corrected chi connectivity index (χ2v) is 3.89. The lowest BCUT2D eigenvalue weighted by Crippen LogP contribution is -2.22. The number of aromatic nitrogens is 2. The number of hydrogen-bond donors (Lipinski definition) is 2. The van der Waals surface area contributed by atoms with Gasteiger partial charge >= 0.3 is 0 Å². The average Bonchev–Trinajstić information content (AvgIpc) is 2.77. The number of H-pyrrole nitrogens is 1. The number of aromatic amines is 1. The molecule has 20 heavy (non-hydrogen) atoms. The fourth-order valence-electron chi connectivity index (χ4n) is 1.58. The maximum absolute atomic E-state index is 13.6. The van der Waals surface area contributed by atoms with Gasteiger partial charge in [0.1, 0.15) is 29.1 Å². The lowest BCUT2D eigenvalue weighted by Gasteiger charge is -2.10. The number of carbonyl (C=O) groups is 2. The zero-order valence-corrected chi connectivity index (χ0v) is 9.86. The van der Waals surface area contributed by atoms with E-state index in [-0.39, 0.29) is 11.4 Å². The maximum Gasteiger partial charge on any atom is 0.238 e. The van der Waals surface area contributed by atoms with Crippen LogP contribution in [0.1, 0.15) is 10.5 Å². The van der Waals surface area contributed by atoms with E-state index in [2.05, 4.69) is 15.5 Å². The summed E-state index contributed by atoms with van der Waals surface area (Å²) in [6.07, 6.45) is 3.05. The van der Waals surface area contributed by atoms with Gasteiger partial charge in [0.05, 0.1) is 11.9 Å². The van der Waals surface area contributed by atoms with E-state index in [1.54, 1.807) is 0 Å². The van der Waals surface area contributed by atoms with Crippen LogP contribution in [0.4, 0.5) is 18.9 Å². The van der Waals surface area contributed by atoms with Crippen LogP contribution in [-0.2, 0) is 4.79 Å². The Labute approximate surface area is 110 Å². The summed E-state index contributed by atoms with van der Waals surface area (Å²) in [6, 6.07) is 0. The van der Waals surface area contributed by atoms with E-state index in [0.717, 1.165) is 6.20 Å². The van der Waals surface area contributed by atoms with E-state index in [1.165, 1.54) is 0 Å². The predicted molar refractivity (Wildman–Crippen MR) is 63.7 cm³/mol. The van der Waals surface area contributed by atoms with Crippen molar-refractivity contribution in [2.75, 3.05) is 5.32 Å². The molecule has 1 atom stereocenters. The highest BCUT2D eigenvalue weighted by atomic mass is 19.1.